The third-order valence-electron chi connectivity index (χ3n) is 3.38. The standard InChI is InChI=1S/C15H22N2O/c1-3-9-16-15(18)13-5-4-6-14(10-13)17-11(2)12-7-8-12/h4-6,10-12,17H,3,7-9H2,1-2H3,(H,16,18). The number of hydrogen-bond donors (Lipinski definition) is 2. The highest BCUT2D eigenvalue weighted by molar-refractivity contribution is 5.95. The van der Waals surface area contributed by atoms with E-state index < -0.39 is 0 Å². The molecule has 1 aliphatic rings. The first-order chi connectivity index (χ1) is 8.70. The maximum Gasteiger partial charge on any atom is 0.251 e. The van der Waals surface area contributed by atoms with E-state index in [4.69, 9.17) is 0 Å². The lowest BCUT2D eigenvalue weighted by atomic mass is 10.1. The van der Waals surface area contributed by atoms with Gasteiger partial charge in [-0.25, -0.2) is 0 Å². The first-order valence-corrected chi connectivity index (χ1v) is 6.85. The van der Waals surface area contributed by atoms with E-state index in [9.17, 15) is 4.79 Å². The highest BCUT2D eigenvalue weighted by atomic mass is 16.1. The number of rotatable bonds is 6. The van der Waals surface area contributed by atoms with Crippen molar-refractivity contribution < 1.29 is 4.79 Å². The van der Waals surface area contributed by atoms with Crippen molar-refractivity contribution in [2.24, 2.45) is 5.92 Å². The molecule has 0 radical (unpaired) electrons. The lowest BCUT2D eigenvalue weighted by Gasteiger charge is -2.15. The van der Waals surface area contributed by atoms with Gasteiger partial charge < -0.3 is 10.6 Å². The summed E-state index contributed by atoms with van der Waals surface area (Å²) in [6.45, 7) is 4.99. The Labute approximate surface area is 109 Å². The van der Waals surface area contributed by atoms with Crippen LogP contribution in [-0.4, -0.2) is 18.5 Å². The van der Waals surface area contributed by atoms with E-state index in [1.807, 2.05) is 24.3 Å². The van der Waals surface area contributed by atoms with Gasteiger partial charge in [0.2, 0.25) is 0 Å². The molecule has 0 saturated heterocycles. The van der Waals surface area contributed by atoms with E-state index in [1.54, 1.807) is 0 Å². The minimum absolute atomic E-state index is 0.0135. The van der Waals surface area contributed by atoms with Gasteiger partial charge in [0.1, 0.15) is 0 Å². The average molecular weight is 246 g/mol. The van der Waals surface area contributed by atoms with Gasteiger partial charge in [-0.05, 0) is 50.3 Å². The maximum atomic E-state index is 11.8. The van der Waals surface area contributed by atoms with Crippen molar-refractivity contribution in [1.82, 2.24) is 5.32 Å². The number of benzene rings is 1. The van der Waals surface area contributed by atoms with Gasteiger partial charge >= 0.3 is 0 Å². The van der Waals surface area contributed by atoms with Crippen molar-refractivity contribution in [3.63, 3.8) is 0 Å². The number of carbonyl (C=O) groups is 1. The third kappa shape index (κ3) is 3.49. The number of carbonyl (C=O) groups excluding carboxylic acids is 1. The summed E-state index contributed by atoms with van der Waals surface area (Å²) in [5.41, 5.74) is 1.77. The summed E-state index contributed by atoms with van der Waals surface area (Å²) in [5.74, 6) is 0.821. The Bertz CT molecular complexity index is 413. The first kappa shape index (κ1) is 12.9. The molecule has 0 spiro atoms. The summed E-state index contributed by atoms with van der Waals surface area (Å²) < 4.78 is 0. The largest absolute Gasteiger partial charge is 0.382 e. The monoisotopic (exact) mass is 246 g/mol. The number of hydrogen-bond acceptors (Lipinski definition) is 2. The Hall–Kier alpha value is -1.51. The lowest BCUT2D eigenvalue weighted by Crippen LogP contribution is -2.24. The van der Waals surface area contributed by atoms with Crippen LogP contribution in [0.25, 0.3) is 0 Å². The molecule has 98 valence electrons. The van der Waals surface area contributed by atoms with Gasteiger partial charge in [0.05, 0.1) is 0 Å². The second-order valence-corrected chi connectivity index (χ2v) is 5.11. The molecule has 3 heteroatoms. The summed E-state index contributed by atoms with van der Waals surface area (Å²) in [6, 6.07) is 8.25. The van der Waals surface area contributed by atoms with Crippen molar-refractivity contribution in [3.8, 4) is 0 Å². The zero-order valence-electron chi connectivity index (χ0n) is 11.2. The third-order valence-corrected chi connectivity index (χ3v) is 3.38. The molecule has 1 aromatic rings. The van der Waals surface area contributed by atoms with Gasteiger partial charge in [-0.15, -0.1) is 0 Å². The van der Waals surface area contributed by atoms with Crippen LogP contribution in [0.15, 0.2) is 24.3 Å². The van der Waals surface area contributed by atoms with Crippen molar-refractivity contribution in [3.05, 3.63) is 29.8 Å². The van der Waals surface area contributed by atoms with Gasteiger partial charge in [-0.3, -0.25) is 4.79 Å². The van der Waals surface area contributed by atoms with Crippen LogP contribution in [0.4, 0.5) is 5.69 Å². The van der Waals surface area contributed by atoms with E-state index in [-0.39, 0.29) is 5.91 Å². The summed E-state index contributed by atoms with van der Waals surface area (Å²) in [5, 5.41) is 6.37. The van der Waals surface area contributed by atoms with Crippen molar-refractivity contribution >= 4 is 11.6 Å². The molecule has 1 fully saturated rings. The zero-order chi connectivity index (χ0) is 13.0. The Morgan fingerprint density at radius 1 is 1.44 bits per heavy atom. The molecule has 0 bridgehead atoms. The molecule has 18 heavy (non-hydrogen) atoms. The van der Waals surface area contributed by atoms with Gasteiger partial charge in [-0.1, -0.05) is 13.0 Å². The molecule has 1 unspecified atom stereocenters. The van der Waals surface area contributed by atoms with Crippen LogP contribution in [0.1, 0.15) is 43.5 Å². The second-order valence-electron chi connectivity index (χ2n) is 5.11. The summed E-state index contributed by atoms with van der Waals surface area (Å²) in [7, 11) is 0. The maximum absolute atomic E-state index is 11.8. The van der Waals surface area contributed by atoms with Crippen molar-refractivity contribution in [2.75, 3.05) is 11.9 Å². The van der Waals surface area contributed by atoms with Crippen molar-refractivity contribution in [1.29, 1.82) is 0 Å². The van der Waals surface area contributed by atoms with Crippen LogP contribution in [0, 0.1) is 5.92 Å². The van der Waals surface area contributed by atoms with Gasteiger partial charge in [0.25, 0.3) is 5.91 Å². The fraction of sp³-hybridized carbons (Fsp3) is 0.533. The minimum atomic E-state index is 0.0135. The van der Waals surface area contributed by atoms with Crippen LogP contribution in [0.5, 0.6) is 0 Å². The Morgan fingerprint density at radius 2 is 2.22 bits per heavy atom. The predicted octanol–water partition coefficient (Wildman–Crippen LogP) is 3.04. The molecule has 1 atom stereocenters. The summed E-state index contributed by atoms with van der Waals surface area (Å²) in [6.07, 6.45) is 3.61. The van der Waals surface area contributed by atoms with Crippen LogP contribution in [-0.2, 0) is 0 Å². The molecule has 0 aromatic heterocycles. The number of anilines is 1. The molecule has 1 aromatic carbocycles. The molecule has 1 saturated carbocycles. The number of amides is 1. The SMILES string of the molecule is CCCNC(=O)c1cccc(NC(C)C2CC2)c1. The zero-order valence-corrected chi connectivity index (χ0v) is 11.2. The van der Waals surface area contributed by atoms with Crippen LogP contribution >= 0.6 is 0 Å². The van der Waals surface area contributed by atoms with Gasteiger partial charge in [-0.2, -0.15) is 0 Å². The average Bonchev–Trinajstić information content (AvgIpc) is 3.20. The molecule has 1 amide bonds. The van der Waals surface area contributed by atoms with E-state index in [1.165, 1.54) is 12.8 Å². The molecule has 1 aliphatic carbocycles. The van der Waals surface area contributed by atoms with E-state index in [0.717, 1.165) is 30.1 Å². The Kier molecular flexibility index (Phi) is 4.24. The normalized spacial score (nSPS) is 16.1. The predicted molar refractivity (Wildman–Crippen MR) is 74.9 cm³/mol. The molecular formula is C15H22N2O. The van der Waals surface area contributed by atoms with Gasteiger partial charge in [0, 0.05) is 23.8 Å². The smallest absolute Gasteiger partial charge is 0.251 e. The molecule has 3 nitrogen and oxygen atoms in total. The second kappa shape index (κ2) is 5.89. The lowest BCUT2D eigenvalue weighted by molar-refractivity contribution is 0.0953. The molecular weight excluding hydrogens is 224 g/mol. The van der Waals surface area contributed by atoms with Crippen LogP contribution in [0.2, 0.25) is 0 Å². The van der Waals surface area contributed by atoms with Crippen molar-refractivity contribution in [2.45, 2.75) is 39.2 Å². The Balaban J connectivity index is 1.97. The summed E-state index contributed by atoms with van der Waals surface area (Å²) in [4.78, 5) is 11.8. The summed E-state index contributed by atoms with van der Waals surface area (Å²) >= 11 is 0. The fourth-order valence-corrected chi connectivity index (χ4v) is 2.07. The fourth-order valence-electron chi connectivity index (χ4n) is 2.07. The van der Waals surface area contributed by atoms with E-state index >= 15 is 0 Å². The van der Waals surface area contributed by atoms with Gasteiger partial charge in [0.15, 0.2) is 0 Å². The minimum Gasteiger partial charge on any atom is -0.382 e. The van der Waals surface area contributed by atoms with Crippen LogP contribution in [0.3, 0.4) is 0 Å². The highest BCUT2D eigenvalue weighted by Crippen LogP contribution is 2.33. The quantitative estimate of drug-likeness (QED) is 0.810. The first-order valence-electron chi connectivity index (χ1n) is 6.85. The van der Waals surface area contributed by atoms with Crippen LogP contribution < -0.4 is 10.6 Å². The molecule has 0 heterocycles. The topological polar surface area (TPSA) is 41.1 Å². The number of nitrogens with one attached hydrogen (secondary N) is 2. The molecule has 0 aliphatic heterocycles. The highest BCUT2D eigenvalue weighted by Gasteiger charge is 2.27. The van der Waals surface area contributed by atoms with E-state index in [2.05, 4.69) is 24.5 Å². The molecule has 2 N–H and O–H groups in total. The molecule has 2 rings (SSSR count). The van der Waals surface area contributed by atoms with E-state index in [0.29, 0.717) is 6.04 Å². The Morgan fingerprint density at radius 3 is 2.89 bits per heavy atom.